The van der Waals surface area contributed by atoms with Crippen molar-refractivity contribution in [3.63, 3.8) is 0 Å². The third-order valence-corrected chi connectivity index (χ3v) is 3.84. The Kier molecular flexibility index (Phi) is 5.76. The van der Waals surface area contributed by atoms with Gasteiger partial charge in [-0.15, -0.1) is 0 Å². The summed E-state index contributed by atoms with van der Waals surface area (Å²) in [6, 6.07) is 9.30. The maximum atomic E-state index is 12.1. The number of β-amino-alcohol motifs (C(OH)–C–C–N with tert-alkyl or cyclic N) is 1. The van der Waals surface area contributed by atoms with Gasteiger partial charge < -0.3 is 19.8 Å². The van der Waals surface area contributed by atoms with Gasteiger partial charge in [-0.25, -0.2) is 4.79 Å². The number of aliphatic hydroxyl groups excluding tert-OH is 2. The molecule has 1 aliphatic rings. The molecule has 0 spiro atoms. The topological polar surface area (TPSA) is 73.2 Å². The molecular formula is C16H24N2O4. The van der Waals surface area contributed by atoms with Crippen LogP contribution >= 0.6 is 0 Å². The normalized spacial score (nSPS) is 22.9. The van der Waals surface area contributed by atoms with Gasteiger partial charge in [-0.2, -0.15) is 0 Å². The molecule has 0 saturated carbocycles. The van der Waals surface area contributed by atoms with Crippen LogP contribution in [0.4, 0.5) is 4.79 Å². The van der Waals surface area contributed by atoms with Crippen LogP contribution in [0.1, 0.15) is 12.5 Å². The summed E-state index contributed by atoms with van der Waals surface area (Å²) < 4.78 is 5.28. The van der Waals surface area contributed by atoms with Crippen LogP contribution in [0.2, 0.25) is 0 Å². The zero-order valence-electron chi connectivity index (χ0n) is 13.1. The molecule has 0 aliphatic carbocycles. The number of carbonyl (C=O) groups excluding carboxylic acids is 1. The molecule has 3 atom stereocenters. The number of benzene rings is 1. The van der Waals surface area contributed by atoms with Crippen LogP contribution in [0, 0.1) is 0 Å². The number of aliphatic hydroxyl groups is 2. The van der Waals surface area contributed by atoms with E-state index in [-0.39, 0.29) is 19.2 Å². The Balaban J connectivity index is 1.84. The average Bonchev–Trinajstić information content (AvgIpc) is 2.87. The maximum Gasteiger partial charge on any atom is 0.410 e. The molecule has 6 nitrogen and oxygen atoms in total. The molecular weight excluding hydrogens is 284 g/mol. The first-order chi connectivity index (χ1) is 10.5. The number of carbonyl (C=O) groups is 1. The fraction of sp³-hybridized carbons (Fsp3) is 0.562. The molecule has 122 valence electrons. The highest BCUT2D eigenvalue weighted by atomic mass is 16.6. The minimum atomic E-state index is -0.631. The molecule has 0 aromatic heterocycles. The lowest BCUT2D eigenvalue weighted by atomic mass is 10.2. The van der Waals surface area contributed by atoms with Gasteiger partial charge in [-0.1, -0.05) is 30.3 Å². The SMILES string of the molecule is CC(O)CN(C)C1CN(C(=O)OCc2ccccc2)C[C@H]1O. The fourth-order valence-corrected chi connectivity index (χ4v) is 2.71. The van der Waals surface area contributed by atoms with E-state index in [4.69, 9.17) is 4.74 Å². The van der Waals surface area contributed by atoms with Crippen molar-refractivity contribution in [2.24, 2.45) is 0 Å². The molecule has 1 aliphatic heterocycles. The molecule has 0 radical (unpaired) electrons. The van der Waals surface area contributed by atoms with Crippen molar-refractivity contribution in [2.75, 3.05) is 26.7 Å². The lowest BCUT2D eigenvalue weighted by Gasteiger charge is -2.27. The van der Waals surface area contributed by atoms with Gasteiger partial charge in [-0.05, 0) is 19.5 Å². The van der Waals surface area contributed by atoms with Gasteiger partial charge >= 0.3 is 6.09 Å². The van der Waals surface area contributed by atoms with Gasteiger partial charge in [0, 0.05) is 13.1 Å². The van der Waals surface area contributed by atoms with Crippen LogP contribution in [0.25, 0.3) is 0 Å². The van der Waals surface area contributed by atoms with Gasteiger partial charge in [0.05, 0.1) is 24.8 Å². The summed E-state index contributed by atoms with van der Waals surface area (Å²) in [4.78, 5) is 15.5. The van der Waals surface area contributed by atoms with Crippen LogP contribution in [0.3, 0.4) is 0 Å². The molecule has 1 amide bonds. The van der Waals surface area contributed by atoms with Crippen molar-refractivity contribution in [3.8, 4) is 0 Å². The molecule has 22 heavy (non-hydrogen) atoms. The van der Waals surface area contributed by atoms with Crippen LogP contribution in [0.15, 0.2) is 30.3 Å². The number of hydrogen-bond donors (Lipinski definition) is 2. The number of likely N-dealkylation sites (tertiary alicyclic amines) is 1. The highest BCUT2D eigenvalue weighted by Crippen LogP contribution is 2.17. The summed E-state index contributed by atoms with van der Waals surface area (Å²) in [6.07, 6.45) is -1.53. The Hall–Kier alpha value is -1.63. The highest BCUT2D eigenvalue weighted by molar-refractivity contribution is 5.68. The second-order valence-corrected chi connectivity index (χ2v) is 5.87. The molecule has 2 rings (SSSR count). The van der Waals surface area contributed by atoms with E-state index in [1.807, 2.05) is 42.3 Å². The number of hydrogen-bond acceptors (Lipinski definition) is 5. The maximum absolute atomic E-state index is 12.1. The molecule has 2 N–H and O–H groups in total. The van der Waals surface area contributed by atoms with Crippen LogP contribution in [-0.2, 0) is 11.3 Å². The Labute approximate surface area is 130 Å². The van der Waals surface area contributed by atoms with Crippen molar-refractivity contribution < 1.29 is 19.7 Å². The summed E-state index contributed by atoms with van der Waals surface area (Å²) in [6.45, 7) is 3.03. The first-order valence-corrected chi connectivity index (χ1v) is 7.49. The van der Waals surface area contributed by atoms with Crippen molar-refractivity contribution in [1.29, 1.82) is 0 Å². The van der Waals surface area contributed by atoms with E-state index in [1.54, 1.807) is 6.92 Å². The minimum Gasteiger partial charge on any atom is -0.445 e. The third-order valence-electron chi connectivity index (χ3n) is 3.84. The quantitative estimate of drug-likeness (QED) is 0.837. The molecule has 1 aromatic carbocycles. The Bertz CT molecular complexity index is 480. The Morgan fingerprint density at radius 1 is 1.41 bits per heavy atom. The molecule has 1 saturated heterocycles. The monoisotopic (exact) mass is 308 g/mol. The van der Waals surface area contributed by atoms with E-state index in [0.29, 0.717) is 13.1 Å². The van der Waals surface area contributed by atoms with Crippen molar-refractivity contribution in [2.45, 2.75) is 31.8 Å². The average molecular weight is 308 g/mol. The van der Waals surface area contributed by atoms with Crippen LogP contribution in [0.5, 0.6) is 0 Å². The zero-order chi connectivity index (χ0) is 16.1. The van der Waals surface area contributed by atoms with E-state index >= 15 is 0 Å². The summed E-state index contributed by atoms with van der Waals surface area (Å²) >= 11 is 0. The second-order valence-electron chi connectivity index (χ2n) is 5.87. The standard InChI is InChI=1S/C16H24N2O4/c1-12(19)8-17(2)14-9-18(10-15(14)20)16(21)22-11-13-6-4-3-5-7-13/h3-7,12,14-15,19-20H,8-11H2,1-2H3/t12?,14?,15-/m1/s1. The van der Waals surface area contributed by atoms with Gasteiger partial charge in [0.2, 0.25) is 0 Å². The van der Waals surface area contributed by atoms with Crippen LogP contribution in [-0.4, -0.2) is 71.0 Å². The molecule has 0 bridgehead atoms. The third kappa shape index (κ3) is 4.43. The lowest BCUT2D eigenvalue weighted by molar-refractivity contribution is 0.0658. The highest BCUT2D eigenvalue weighted by Gasteiger charge is 2.37. The number of likely N-dealkylation sites (N-methyl/N-ethyl adjacent to an activating group) is 1. The first kappa shape index (κ1) is 16.7. The summed E-state index contributed by atoms with van der Waals surface area (Å²) in [7, 11) is 1.83. The minimum absolute atomic E-state index is 0.182. The number of nitrogens with zero attached hydrogens (tertiary/aromatic N) is 2. The van der Waals surface area contributed by atoms with E-state index in [0.717, 1.165) is 5.56 Å². The molecule has 1 heterocycles. The Morgan fingerprint density at radius 2 is 2.09 bits per heavy atom. The lowest BCUT2D eigenvalue weighted by Crippen LogP contribution is -2.44. The van der Waals surface area contributed by atoms with E-state index in [9.17, 15) is 15.0 Å². The summed E-state index contributed by atoms with van der Waals surface area (Å²) in [5.41, 5.74) is 0.929. The predicted molar refractivity (Wildman–Crippen MR) is 82.3 cm³/mol. The zero-order valence-corrected chi connectivity index (χ0v) is 13.1. The molecule has 6 heteroatoms. The summed E-state index contributed by atoms with van der Waals surface area (Å²) in [5.74, 6) is 0. The molecule has 1 aromatic rings. The van der Waals surface area contributed by atoms with E-state index in [1.165, 1.54) is 4.90 Å². The van der Waals surface area contributed by atoms with Gasteiger partial charge in [0.1, 0.15) is 6.61 Å². The van der Waals surface area contributed by atoms with E-state index in [2.05, 4.69) is 0 Å². The number of amides is 1. The number of rotatable bonds is 5. The Morgan fingerprint density at radius 3 is 2.73 bits per heavy atom. The summed E-state index contributed by atoms with van der Waals surface area (Å²) in [5, 5.41) is 19.5. The smallest absolute Gasteiger partial charge is 0.410 e. The van der Waals surface area contributed by atoms with Crippen molar-refractivity contribution in [1.82, 2.24) is 9.80 Å². The fourth-order valence-electron chi connectivity index (χ4n) is 2.71. The van der Waals surface area contributed by atoms with Gasteiger partial charge in [0.25, 0.3) is 0 Å². The predicted octanol–water partition coefficient (Wildman–Crippen LogP) is 0.681. The van der Waals surface area contributed by atoms with Crippen LogP contribution < -0.4 is 0 Å². The van der Waals surface area contributed by atoms with E-state index < -0.39 is 18.3 Å². The van der Waals surface area contributed by atoms with Crippen molar-refractivity contribution >= 4 is 6.09 Å². The number of ether oxygens (including phenoxy) is 1. The van der Waals surface area contributed by atoms with Gasteiger partial charge in [0.15, 0.2) is 0 Å². The largest absolute Gasteiger partial charge is 0.445 e. The van der Waals surface area contributed by atoms with Gasteiger partial charge in [-0.3, -0.25) is 4.90 Å². The molecule has 2 unspecified atom stereocenters. The molecule has 1 fully saturated rings. The second kappa shape index (κ2) is 7.58. The first-order valence-electron chi connectivity index (χ1n) is 7.49. The van der Waals surface area contributed by atoms with Crippen molar-refractivity contribution in [3.05, 3.63) is 35.9 Å².